The van der Waals surface area contributed by atoms with E-state index in [-0.39, 0.29) is 11.7 Å². The third kappa shape index (κ3) is 4.88. The highest BCUT2D eigenvalue weighted by Gasteiger charge is 2.16. The molecule has 1 atom stereocenters. The Morgan fingerprint density at radius 3 is 2.79 bits per heavy atom. The fourth-order valence-electron chi connectivity index (χ4n) is 2.10. The van der Waals surface area contributed by atoms with E-state index in [1.807, 2.05) is 25.5 Å². The molecule has 0 amide bonds. The highest BCUT2D eigenvalue weighted by Crippen LogP contribution is 2.27. The van der Waals surface area contributed by atoms with E-state index in [1.54, 1.807) is 11.3 Å². The first-order valence-electron chi connectivity index (χ1n) is 7.07. The summed E-state index contributed by atoms with van der Waals surface area (Å²) >= 11 is 13.0. The fourth-order valence-corrected chi connectivity index (χ4v) is 3.38. The first-order chi connectivity index (χ1) is 11.4. The second-order valence-corrected chi connectivity index (χ2v) is 7.05. The van der Waals surface area contributed by atoms with Crippen LogP contribution < -0.4 is 10.6 Å². The second kappa shape index (κ2) is 8.39. The quantitative estimate of drug-likeness (QED) is 0.447. The minimum Gasteiger partial charge on any atom is -0.360 e. The van der Waals surface area contributed by atoms with Crippen molar-refractivity contribution in [1.29, 1.82) is 0 Å². The maximum absolute atomic E-state index is 10.9. The molecule has 0 saturated heterocycles. The normalized spacial score (nSPS) is 12.0. The number of thiophene rings is 1. The van der Waals surface area contributed by atoms with Gasteiger partial charge < -0.3 is 15.5 Å². The minimum atomic E-state index is -0.475. The molecule has 0 fully saturated rings. The van der Waals surface area contributed by atoms with Gasteiger partial charge in [0.2, 0.25) is 0 Å². The third-order valence-electron chi connectivity index (χ3n) is 3.36. The Morgan fingerprint density at radius 1 is 1.46 bits per heavy atom. The number of hydrogen-bond donors (Lipinski definition) is 2. The van der Waals surface area contributed by atoms with Gasteiger partial charge in [-0.25, -0.2) is 0 Å². The van der Waals surface area contributed by atoms with Gasteiger partial charge in [-0.05, 0) is 43.8 Å². The molecule has 24 heavy (non-hydrogen) atoms. The number of nitrogens with zero attached hydrogens (tertiary/aromatic N) is 2. The molecular weight excluding hydrogens is 368 g/mol. The smallest absolute Gasteiger partial charge is 0.271 e. The standard InChI is InChI=1S/C15H17ClN4O2S2/c1-19(2)13(14-4-3-7-24-14)9-17-15(23)18-12-8-10(20(21)22)5-6-11(12)16/h3-8,13H,9H2,1-2H3,(H2,17,18,23). The Kier molecular flexibility index (Phi) is 6.50. The Labute approximate surface area is 154 Å². The van der Waals surface area contributed by atoms with Crippen LogP contribution in [0.2, 0.25) is 5.02 Å². The van der Waals surface area contributed by atoms with Crippen molar-refractivity contribution in [2.75, 3.05) is 26.0 Å². The molecule has 6 nitrogen and oxygen atoms in total. The lowest BCUT2D eigenvalue weighted by molar-refractivity contribution is -0.384. The molecule has 2 aromatic rings. The molecule has 0 aliphatic carbocycles. The lowest BCUT2D eigenvalue weighted by Crippen LogP contribution is -2.36. The zero-order valence-corrected chi connectivity index (χ0v) is 15.5. The Morgan fingerprint density at radius 2 is 2.21 bits per heavy atom. The predicted octanol–water partition coefficient (Wildman–Crippen LogP) is 3.90. The zero-order valence-electron chi connectivity index (χ0n) is 13.2. The van der Waals surface area contributed by atoms with Crippen molar-refractivity contribution in [3.8, 4) is 0 Å². The van der Waals surface area contributed by atoms with Gasteiger partial charge in [-0.2, -0.15) is 0 Å². The van der Waals surface area contributed by atoms with Crippen LogP contribution in [0.5, 0.6) is 0 Å². The maximum Gasteiger partial charge on any atom is 0.271 e. The monoisotopic (exact) mass is 384 g/mol. The fraction of sp³-hybridized carbons (Fsp3) is 0.267. The molecule has 0 bridgehead atoms. The SMILES string of the molecule is CN(C)C(CNC(=S)Nc1cc([N+](=O)[O-])ccc1Cl)c1cccs1. The number of thiocarbonyl (C=S) groups is 1. The highest BCUT2D eigenvalue weighted by atomic mass is 35.5. The average molecular weight is 385 g/mol. The van der Waals surface area contributed by atoms with Crippen LogP contribution in [-0.2, 0) is 0 Å². The van der Waals surface area contributed by atoms with Crippen molar-refractivity contribution < 1.29 is 4.92 Å². The summed E-state index contributed by atoms with van der Waals surface area (Å²) in [6, 6.07) is 8.44. The van der Waals surface area contributed by atoms with Crippen LogP contribution in [0, 0.1) is 10.1 Å². The first kappa shape index (κ1) is 18.6. The van der Waals surface area contributed by atoms with Crippen molar-refractivity contribution in [3.05, 3.63) is 55.7 Å². The third-order valence-corrected chi connectivity index (χ3v) is 4.91. The molecule has 2 N–H and O–H groups in total. The van der Waals surface area contributed by atoms with Crippen LogP contribution in [0.3, 0.4) is 0 Å². The zero-order chi connectivity index (χ0) is 17.7. The molecule has 2 rings (SSSR count). The lowest BCUT2D eigenvalue weighted by Gasteiger charge is -2.24. The molecule has 9 heteroatoms. The summed E-state index contributed by atoms with van der Waals surface area (Å²) in [5.41, 5.74) is 0.357. The summed E-state index contributed by atoms with van der Waals surface area (Å²) in [4.78, 5) is 13.7. The van der Waals surface area contributed by atoms with Gasteiger partial charge in [0.25, 0.3) is 5.69 Å². The van der Waals surface area contributed by atoms with Crippen molar-refractivity contribution in [2.45, 2.75) is 6.04 Å². The molecule has 128 valence electrons. The van der Waals surface area contributed by atoms with E-state index < -0.39 is 4.92 Å². The Hall–Kier alpha value is -1.74. The number of nitro groups is 1. The summed E-state index contributed by atoms with van der Waals surface area (Å²) < 4.78 is 0. The van der Waals surface area contributed by atoms with Crippen molar-refractivity contribution >= 4 is 51.6 Å². The number of benzene rings is 1. The summed E-state index contributed by atoms with van der Waals surface area (Å²) in [6.07, 6.45) is 0. The van der Waals surface area contributed by atoms with E-state index >= 15 is 0 Å². The Bertz CT molecular complexity index is 722. The summed E-state index contributed by atoms with van der Waals surface area (Å²) in [5, 5.41) is 19.7. The van der Waals surface area contributed by atoms with Crippen molar-refractivity contribution in [2.24, 2.45) is 0 Å². The molecule has 0 spiro atoms. The van der Waals surface area contributed by atoms with Gasteiger partial charge in [-0.3, -0.25) is 10.1 Å². The molecule has 0 aliphatic rings. The topological polar surface area (TPSA) is 70.4 Å². The van der Waals surface area contributed by atoms with Crippen LogP contribution in [-0.4, -0.2) is 35.6 Å². The molecule has 1 heterocycles. The molecule has 1 aromatic heterocycles. The average Bonchev–Trinajstić information content (AvgIpc) is 3.03. The van der Waals surface area contributed by atoms with E-state index in [0.29, 0.717) is 22.4 Å². The van der Waals surface area contributed by atoms with E-state index in [1.165, 1.54) is 23.1 Å². The number of non-ortho nitro benzene ring substituents is 1. The van der Waals surface area contributed by atoms with Crippen molar-refractivity contribution in [1.82, 2.24) is 10.2 Å². The summed E-state index contributed by atoms with van der Waals surface area (Å²) in [7, 11) is 4.00. The molecular formula is C15H17ClN4O2S2. The van der Waals surface area contributed by atoms with Crippen LogP contribution >= 0.6 is 35.2 Å². The molecule has 1 unspecified atom stereocenters. The van der Waals surface area contributed by atoms with Gasteiger partial charge >= 0.3 is 0 Å². The summed E-state index contributed by atoms with van der Waals surface area (Å²) in [6.45, 7) is 0.603. The number of anilines is 1. The van der Waals surface area contributed by atoms with E-state index in [2.05, 4.69) is 21.6 Å². The number of rotatable bonds is 6. The molecule has 1 aromatic carbocycles. The number of hydrogen-bond acceptors (Lipinski definition) is 5. The van der Waals surface area contributed by atoms with Gasteiger partial charge in [0, 0.05) is 23.6 Å². The van der Waals surface area contributed by atoms with Crippen LogP contribution in [0.15, 0.2) is 35.7 Å². The van der Waals surface area contributed by atoms with E-state index in [4.69, 9.17) is 23.8 Å². The number of nitrogens with one attached hydrogen (secondary N) is 2. The van der Waals surface area contributed by atoms with Crippen LogP contribution in [0.4, 0.5) is 11.4 Å². The number of halogens is 1. The van der Waals surface area contributed by atoms with Gasteiger partial charge in [0.1, 0.15) is 0 Å². The lowest BCUT2D eigenvalue weighted by atomic mass is 10.2. The molecule has 0 radical (unpaired) electrons. The highest BCUT2D eigenvalue weighted by molar-refractivity contribution is 7.80. The van der Waals surface area contributed by atoms with Gasteiger partial charge in [-0.15, -0.1) is 11.3 Å². The number of likely N-dealkylation sites (N-methyl/N-ethyl adjacent to an activating group) is 1. The van der Waals surface area contributed by atoms with Gasteiger partial charge in [0.05, 0.1) is 21.7 Å². The maximum atomic E-state index is 10.9. The van der Waals surface area contributed by atoms with Gasteiger partial charge in [0.15, 0.2) is 5.11 Å². The van der Waals surface area contributed by atoms with Crippen LogP contribution in [0.1, 0.15) is 10.9 Å². The van der Waals surface area contributed by atoms with Gasteiger partial charge in [-0.1, -0.05) is 17.7 Å². The van der Waals surface area contributed by atoms with Crippen LogP contribution in [0.25, 0.3) is 0 Å². The van der Waals surface area contributed by atoms with Crippen molar-refractivity contribution in [3.63, 3.8) is 0 Å². The first-order valence-corrected chi connectivity index (χ1v) is 8.73. The molecule has 0 saturated carbocycles. The number of nitro benzene ring substituents is 1. The van der Waals surface area contributed by atoms with E-state index in [0.717, 1.165) is 0 Å². The Balaban J connectivity index is 2.00. The molecule has 0 aliphatic heterocycles. The minimum absolute atomic E-state index is 0.0468. The predicted molar refractivity (Wildman–Crippen MR) is 103 cm³/mol. The summed E-state index contributed by atoms with van der Waals surface area (Å²) in [5.74, 6) is 0. The van der Waals surface area contributed by atoms with E-state index in [9.17, 15) is 10.1 Å². The largest absolute Gasteiger partial charge is 0.360 e. The second-order valence-electron chi connectivity index (χ2n) is 5.25.